The summed E-state index contributed by atoms with van der Waals surface area (Å²) in [7, 11) is -3.91. The van der Waals surface area contributed by atoms with E-state index in [1.54, 1.807) is 12.1 Å². The van der Waals surface area contributed by atoms with E-state index in [4.69, 9.17) is 46.4 Å². The summed E-state index contributed by atoms with van der Waals surface area (Å²) in [6, 6.07) is 7.10. The standard InChI is InChI=1S/C12H6BrCl4NO2S/c13-7-2-1-6(3-8(7)14)18-21(19,20)12-5-10(16)9(15)4-11(12)17/h1-5,18H. The molecule has 3 nitrogen and oxygen atoms in total. The van der Waals surface area contributed by atoms with Crippen molar-refractivity contribution in [1.82, 2.24) is 0 Å². The molecule has 21 heavy (non-hydrogen) atoms. The Balaban J connectivity index is 2.43. The van der Waals surface area contributed by atoms with Crippen LogP contribution >= 0.6 is 62.3 Å². The second kappa shape index (κ2) is 6.52. The van der Waals surface area contributed by atoms with Crippen molar-refractivity contribution in [2.24, 2.45) is 0 Å². The predicted molar refractivity (Wildman–Crippen MR) is 91.4 cm³/mol. The first-order chi connectivity index (χ1) is 9.70. The highest BCUT2D eigenvalue weighted by Crippen LogP contribution is 2.33. The largest absolute Gasteiger partial charge is 0.280 e. The Morgan fingerprint density at radius 2 is 1.48 bits per heavy atom. The lowest BCUT2D eigenvalue weighted by molar-refractivity contribution is 0.601. The second-order valence-corrected chi connectivity index (χ2v) is 8.07. The molecule has 0 heterocycles. The molecule has 0 spiro atoms. The van der Waals surface area contributed by atoms with E-state index < -0.39 is 10.0 Å². The molecule has 0 atom stereocenters. The molecular formula is C12H6BrCl4NO2S. The summed E-state index contributed by atoms with van der Waals surface area (Å²) in [6.07, 6.45) is 0. The van der Waals surface area contributed by atoms with Crippen LogP contribution in [0.25, 0.3) is 0 Å². The summed E-state index contributed by atoms with van der Waals surface area (Å²) in [5.41, 5.74) is 0.297. The van der Waals surface area contributed by atoms with Crippen LogP contribution in [0.4, 0.5) is 5.69 Å². The number of hydrogen-bond donors (Lipinski definition) is 1. The maximum atomic E-state index is 12.3. The van der Waals surface area contributed by atoms with Crippen molar-refractivity contribution in [2.45, 2.75) is 4.90 Å². The van der Waals surface area contributed by atoms with Gasteiger partial charge in [0, 0.05) is 4.47 Å². The number of halogens is 5. The molecule has 1 N–H and O–H groups in total. The molecule has 0 aliphatic heterocycles. The molecule has 9 heteroatoms. The molecule has 0 radical (unpaired) electrons. The van der Waals surface area contributed by atoms with Crippen molar-refractivity contribution in [3.8, 4) is 0 Å². The number of hydrogen-bond acceptors (Lipinski definition) is 2. The van der Waals surface area contributed by atoms with Crippen molar-refractivity contribution in [1.29, 1.82) is 0 Å². The molecule has 0 amide bonds. The molecule has 2 aromatic carbocycles. The lowest BCUT2D eigenvalue weighted by Gasteiger charge is -2.11. The highest BCUT2D eigenvalue weighted by Gasteiger charge is 2.20. The molecule has 0 bridgehead atoms. The number of rotatable bonds is 3. The SMILES string of the molecule is O=S(=O)(Nc1ccc(Br)c(Cl)c1)c1cc(Cl)c(Cl)cc1Cl. The minimum atomic E-state index is -3.91. The smallest absolute Gasteiger partial charge is 0.263 e. The van der Waals surface area contributed by atoms with Crippen LogP contribution in [-0.4, -0.2) is 8.42 Å². The zero-order valence-corrected chi connectivity index (χ0v) is 15.4. The van der Waals surface area contributed by atoms with E-state index in [1.807, 2.05) is 0 Å². The molecule has 0 aliphatic rings. The summed E-state index contributed by atoms with van der Waals surface area (Å²) in [6.45, 7) is 0. The Bertz CT molecular complexity index is 811. The highest BCUT2D eigenvalue weighted by atomic mass is 79.9. The van der Waals surface area contributed by atoms with Gasteiger partial charge in [-0.25, -0.2) is 8.42 Å². The van der Waals surface area contributed by atoms with Gasteiger partial charge >= 0.3 is 0 Å². The Kier molecular flexibility index (Phi) is 5.34. The molecule has 0 aliphatic carbocycles. The summed E-state index contributed by atoms with van der Waals surface area (Å²) >= 11 is 26.7. The summed E-state index contributed by atoms with van der Waals surface area (Å²) in [5, 5.41) is 0.609. The summed E-state index contributed by atoms with van der Waals surface area (Å²) in [4.78, 5) is -0.169. The number of nitrogens with one attached hydrogen (secondary N) is 1. The lowest BCUT2D eigenvalue weighted by atomic mass is 10.3. The first kappa shape index (κ1) is 17.2. The van der Waals surface area contributed by atoms with Gasteiger partial charge in [-0.05, 0) is 46.3 Å². The molecule has 0 aromatic heterocycles. The van der Waals surface area contributed by atoms with Crippen LogP contribution in [0.2, 0.25) is 20.1 Å². The third-order valence-corrected chi connectivity index (χ3v) is 6.24. The van der Waals surface area contributed by atoms with Gasteiger partial charge in [-0.2, -0.15) is 0 Å². The van der Waals surface area contributed by atoms with Gasteiger partial charge in [0.05, 0.1) is 25.8 Å². The Hall–Kier alpha value is -0.170. The fourth-order valence-corrected chi connectivity index (χ4v) is 3.96. The molecule has 2 rings (SSSR count). The average Bonchev–Trinajstić information content (AvgIpc) is 2.37. The van der Waals surface area contributed by atoms with Gasteiger partial charge in [0.15, 0.2) is 0 Å². The van der Waals surface area contributed by atoms with E-state index >= 15 is 0 Å². The van der Waals surface area contributed by atoms with Gasteiger partial charge in [0.1, 0.15) is 4.90 Å². The first-order valence-electron chi connectivity index (χ1n) is 5.33. The fourth-order valence-electron chi connectivity index (χ4n) is 1.48. The van der Waals surface area contributed by atoms with Gasteiger partial charge in [0.2, 0.25) is 0 Å². The Morgan fingerprint density at radius 3 is 2.10 bits per heavy atom. The third-order valence-electron chi connectivity index (χ3n) is 2.44. The number of sulfonamides is 1. The quantitative estimate of drug-likeness (QED) is 0.596. The molecule has 0 unspecified atom stereocenters. The van der Waals surface area contributed by atoms with Crippen LogP contribution in [0.5, 0.6) is 0 Å². The number of benzene rings is 2. The number of anilines is 1. The van der Waals surface area contributed by atoms with Crippen LogP contribution in [0.3, 0.4) is 0 Å². The van der Waals surface area contributed by atoms with Crippen LogP contribution in [-0.2, 0) is 10.0 Å². The van der Waals surface area contributed by atoms with E-state index in [-0.39, 0.29) is 20.0 Å². The van der Waals surface area contributed by atoms with Gasteiger partial charge < -0.3 is 0 Å². The van der Waals surface area contributed by atoms with Crippen LogP contribution in [0.15, 0.2) is 39.7 Å². The lowest BCUT2D eigenvalue weighted by Crippen LogP contribution is -2.13. The van der Waals surface area contributed by atoms with Crippen molar-refractivity contribution in [3.05, 3.63) is 54.9 Å². The van der Waals surface area contributed by atoms with Gasteiger partial charge in [-0.3, -0.25) is 4.72 Å². The highest BCUT2D eigenvalue weighted by molar-refractivity contribution is 9.10. The van der Waals surface area contributed by atoms with Crippen LogP contribution in [0.1, 0.15) is 0 Å². The molecule has 0 fully saturated rings. The Labute approximate surface area is 150 Å². The monoisotopic (exact) mass is 447 g/mol. The maximum absolute atomic E-state index is 12.3. The minimum absolute atomic E-state index is 0.0277. The van der Waals surface area contributed by atoms with Gasteiger partial charge in [0.25, 0.3) is 10.0 Å². The topological polar surface area (TPSA) is 46.2 Å². The Morgan fingerprint density at radius 1 is 0.857 bits per heavy atom. The van der Waals surface area contributed by atoms with Crippen molar-refractivity contribution in [3.63, 3.8) is 0 Å². The van der Waals surface area contributed by atoms with Gasteiger partial charge in [-0.1, -0.05) is 46.4 Å². The zero-order chi connectivity index (χ0) is 15.8. The minimum Gasteiger partial charge on any atom is -0.280 e. The van der Waals surface area contributed by atoms with Gasteiger partial charge in [-0.15, -0.1) is 0 Å². The third kappa shape index (κ3) is 3.97. The summed E-state index contributed by atoms with van der Waals surface area (Å²) in [5.74, 6) is 0. The summed E-state index contributed by atoms with van der Waals surface area (Å²) < 4.78 is 27.7. The maximum Gasteiger partial charge on any atom is 0.263 e. The van der Waals surface area contributed by atoms with Crippen LogP contribution in [0, 0.1) is 0 Å². The zero-order valence-electron chi connectivity index (χ0n) is 10.0. The predicted octanol–water partition coefficient (Wildman–Crippen LogP) is 5.86. The van der Waals surface area contributed by atoms with Crippen molar-refractivity contribution >= 4 is 78.0 Å². The molecule has 0 saturated carbocycles. The normalized spacial score (nSPS) is 11.5. The van der Waals surface area contributed by atoms with Crippen molar-refractivity contribution in [2.75, 3.05) is 4.72 Å². The first-order valence-corrected chi connectivity index (χ1v) is 9.12. The van der Waals surface area contributed by atoms with E-state index in [1.165, 1.54) is 18.2 Å². The second-order valence-electron chi connectivity index (χ2n) is 3.93. The van der Waals surface area contributed by atoms with E-state index in [0.29, 0.717) is 15.2 Å². The molecule has 2 aromatic rings. The van der Waals surface area contributed by atoms with E-state index in [0.717, 1.165) is 0 Å². The van der Waals surface area contributed by atoms with Crippen LogP contribution < -0.4 is 4.72 Å². The van der Waals surface area contributed by atoms with Crippen molar-refractivity contribution < 1.29 is 8.42 Å². The molecule has 0 saturated heterocycles. The van der Waals surface area contributed by atoms with E-state index in [2.05, 4.69) is 20.7 Å². The van der Waals surface area contributed by atoms with E-state index in [9.17, 15) is 8.42 Å². The average molecular weight is 450 g/mol. The fraction of sp³-hybridized carbons (Fsp3) is 0. The molecule has 112 valence electrons. The molecular weight excluding hydrogens is 444 g/mol.